The SMILES string of the molecule is CC(C)(C)C(O)CCc1ccc(Br)c(Cl)c1F. The Kier molecular flexibility index (Phi) is 4.99. The van der Waals surface area contributed by atoms with Crippen LogP contribution in [0.15, 0.2) is 16.6 Å². The summed E-state index contributed by atoms with van der Waals surface area (Å²) in [5.74, 6) is -0.401. The van der Waals surface area contributed by atoms with Crippen molar-refractivity contribution in [3.63, 3.8) is 0 Å². The number of aliphatic hydroxyl groups excluding tert-OH is 1. The maximum absolute atomic E-state index is 13.8. The first kappa shape index (κ1) is 14.9. The van der Waals surface area contributed by atoms with Crippen LogP contribution in [0.5, 0.6) is 0 Å². The molecule has 0 aliphatic carbocycles. The van der Waals surface area contributed by atoms with Crippen LogP contribution in [-0.4, -0.2) is 11.2 Å². The molecule has 1 rings (SSSR count). The van der Waals surface area contributed by atoms with E-state index >= 15 is 0 Å². The van der Waals surface area contributed by atoms with Crippen LogP contribution in [0.25, 0.3) is 0 Å². The highest BCUT2D eigenvalue weighted by molar-refractivity contribution is 9.10. The normalized spacial score (nSPS) is 13.8. The van der Waals surface area contributed by atoms with E-state index in [0.29, 0.717) is 22.9 Å². The lowest BCUT2D eigenvalue weighted by Gasteiger charge is -2.25. The van der Waals surface area contributed by atoms with Crippen molar-refractivity contribution in [1.82, 2.24) is 0 Å². The van der Waals surface area contributed by atoms with E-state index in [1.54, 1.807) is 12.1 Å². The zero-order valence-corrected chi connectivity index (χ0v) is 12.6. The largest absolute Gasteiger partial charge is 0.393 e. The summed E-state index contributed by atoms with van der Waals surface area (Å²) in [6, 6.07) is 3.42. The van der Waals surface area contributed by atoms with E-state index in [4.69, 9.17) is 11.6 Å². The molecule has 0 saturated heterocycles. The van der Waals surface area contributed by atoms with E-state index in [0.717, 1.165) is 0 Å². The van der Waals surface area contributed by atoms with Crippen molar-refractivity contribution in [2.24, 2.45) is 5.41 Å². The molecule has 0 bridgehead atoms. The van der Waals surface area contributed by atoms with Crippen molar-refractivity contribution in [1.29, 1.82) is 0 Å². The second kappa shape index (κ2) is 5.68. The van der Waals surface area contributed by atoms with Crippen LogP contribution in [0.2, 0.25) is 5.02 Å². The van der Waals surface area contributed by atoms with Gasteiger partial charge in [-0.05, 0) is 45.8 Å². The van der Waals surface area contributed by atoms with Crippen LogP contribution in [0, 0.1) is 11.2 Å². The molecule has 0 radical (unpaired) electrons. The van der Waals surface area contributed by atoms with Crippen LogP contribution >= 0.6 is 27.5 Å². The maximum Gasteiger partial charge on any atom is 0.146 e. The summed E-state index contributed by atoms with van der Waals surface area (Å²) in [5, 5.41) is 10.0. The standard InChI is InChI=1S/C13H17BrClFO/c1-13(2,3)10(17)7-5-8-4-6-9(14)11(15)12(8)16/h4,6,10,17H,5,7H2,1-3H3. The molecule has 1 aromatic rings. The molecule has 1 N–H and O–H groups in total. The summed E-state index contributed by atoms with van der Waals surface area (Å²) in [6.45, 7) is 5.88. The Hall–Kier alpha value is -0.120. The van der Waals surface area contributed by atoms with Crippen molar-refractivity contribution < 1.29 is 9.50 Å². The monoisotopic (exact) mass is 322 g/mol. The van der Waals surface area contributed by atoms with E-state index in [2.05, 4.69) is 15.9 Å². The fourth-order valence-electron chi connectivity index (χ4n) is 1.48. The number of aliphatic hydroxyl groups is 1. The summed E-state index contributed by atoms with van der Waals surface area (Å²) in [6.07, 6.45) is 0.555. The second-order valence-electron chi connectivity index (χ2n) is 5.25. The van der Waals surface area contributed by atoms with E-state index in [-0.39, 0.29) is 10.4 Å². The van der Waals surface area contributed by atoms with Crippen molar-refractivity contribution >= 4 is 27.5 Å². The van der Waals surface area contributed by atoms with Gasteiger partial charge in [0.1, 0.15) is 5.82 Å². The molecule has 0 saturated carbocycles. The predicted octanol–water partition coefficient (Wildman–Crippen LogP) is 4.58. The van der Waals surface area contributed by atoms with Gasteiger partial charge in [-0.2, -0.15) is 0 Å². The molecule has 1 aromatic carbocycles. The van der Waals surface area contributed by atoms with Gasteiger partial charge in [0.05, 0.1) is 11.1 Å². The Balaban J connectivity index is 2.74. The molecule has 4 heteroatoms. The molecule has 17 heavy (non-hydrogen) atoms. The summed E-state index contributed by atoms with van der Waals surface area (Å²) >= 11 is 8.97. The van der Waals surface area contributed by atoms with Gasteiger partial charge >= 0.3 is 0 Å². The Morgan fingerprint density at radius 1 is 1.41 bits per heavy atom. The molecule has 0 heterocycles. The van der Waals surface area contributed by atoms with Crippen molar-refractivity contribution in [2.75, 3.05) is 0 Å². The average molecular weight is 324 g/mol. The van der Waals surface area contributed by atoms with Crippen LogP contribution in [0.4, 0.5) is 4.39 Å². The minimum absolute atomic E-state index is 0.104. The third kappa shape index (κ3) is 3.94. The van der Waals surface area contributed by atoms with Crippen molar-refractivity contribution in [2.45, 2.75) is 39.7 Å². The first-order valence-electron chi connectivity index (χ1n) is 5.54. The first-order valence-corrected chi connectivity index (χ1v) is 6.71. The number of benzene rings is 1. The predicted molar refractivity (Wildman–Crippen MR) is 72.9 cm³/mol. The van der Waals surface area contributed by atoms with Crippen molar-refractivity contribution in [3.8, 4) is 0 Å². The molecule has 0 aromatic heterocycles. The van der Waals surface area contributed by atoms with Crippen LogP contribution in [0.3, 0.4) is 0 Å². The number of rotatable bonds is 3. The second-order valence-corrected chi connectivity index (χ2v) is 6.49. The topological polar surface area (TPSA) is 20.2 Å². The molecule has 0 aliphatic rings. The fourth-order valence-corrected chi connectivity index (χ4v) is 1.97. The van der Waals surface area contributed by atoms with Crippen molar-refractivity contribution in [3.05, 3.63) is 33.0 Å². The number of hydrogen-bond acceptors (Lipinski definition) is 1. The van der Waals surface area contributed by atoms with Gasteiger partial charge in [-0.15, -0.1) is 0 Å². The first-order chi connectivity index (χ1) is 7.73. The minimum atomic E-state index is -0.454. The summed E-state index contributed by atoms with van der Waals surface area (Å²) < 4.78 is 14.3. The quantitative estimate of drug-likeness (QED) is 0.807. The van der Waals surface area contributed by atoms with Gasteiger partial charge in [-0.1, -0.05) is 38.4 Å². The van der Waals surface area contributed by atoms with Gasteiger partial charge in [0.15, 0.2) is 0 Å². The number of hydrogen-bond donors (Lipinski definition) is 1. The molecule has 0 spiro atoms. The molecule has 1 nitrogen and oxygen atoms in total. The third-order valence-electron chi connectivity index (χ3n) is 2.80. The van der Waals surface area contributed by atoms with E-state index in [1.807, 2.05) is 20.8 Å². The van der Waals surface area contributed by atoms with Crippen LogP contribution in [0.1, 0.15) is 32.8 Å². The number of aryl methyl sites for hydroxylation is 1. The van der Waals surface area contributed by atoms with Gasteiger partial charge in [0.25, 0.3) is 0 Å². The zero-order valence-electron chi connectivity index (χ0n) is 10.2. The minimum Gasteiger partial charge on any atom is -0.393 e. The van der Waals surface area contributed by atoms with Gasteiger partial charge < -0.3 is 5.11 Å². The summed E-state index contributed by atoms with van der Waals surface area (Å²) in [7, 11) is 0. The number of halogens is 3. The van der Waals surface area contributed by atoms with Crippen LogP contribution in [-0.2, 0) is 6.42 Å². The summed E-state index contributed by atoms with van der Waals surface area (Å²) in [5.41, 5.74) is 0.358. The summed E-state index contributed by atoms with van der Waals surface area (Å²) in [4.78, 5) is 0. The molecule has 96 valence electrons. The third-order valence-corrected chi connectivity index (χ3v) is 4.06. The molecule has 0 aliphatic heterocycles. The molecule has 0 fully saturated rings. The van der Waals surface area contributed by atoms with E-state index in [9.17, 15) is 9.50 Å². The zero-order chi connectivity index (χ0) is 13.2. The highest BCUT2D eigenvalue weighted by Gasteiger charge is 2.22. The molecular weight excluding hydrogens is 306 g/mol. The highest BCUT2D eigenvalue weighted by Crippen LogP contribution is 2.29. The molecular formula is C13H17BrClFO. The smallest absolute Gasteiger partial charge is 0.146 e. The fraction of sp³-hybridized carbons (Fsp3) is 0.538. The van der Waals surface area contributed by atoms with Gasteiger partial charge in [-0.3, -0.25) is 0 Å². The van der Waals surface area contributed by atoms with Crippen LogP contribution < -0.4 is 0 Å². The molecule has 1 unspecified atom stereocenters. The van der Waals surface area contributed by atoms with Gasteiger partial charge in [0, 0.05) is 4.47 Å². The van der Waals surface area contributed by atoms with Gasteiger partial charge in [0.2, 0.25) is 0 Å². The Bertz CT molecular complexity index is 401. The van der Waals surface area contributed by atoms with E-state index in [1.165, 1.54) is 0 Å². The molecule has 0 amide bonds. The lowest BCUT2D eigenvalue weighted by Crippen LogP contribution is -2.26. The van der Waals surface area contributed by atoms with Gasteiger partial charge in [-0.25, -0.2) is 4.39 Å². The van der Waals surface area contributed by atoms with E-state index < -0.39 is 11.9 Å². The Morgan fingerprint density at radius 3 is 2.53 bits per heavy atom. The Morgan fingerprint density at radius 2 is 2.00 bits per heavy atom. The highest BCUT2D eigenvalue weighted by atomic mass is 79.9. The molecule has 1 atom stereocenters. The Labute approximate surface area is 115 Å². The lowest BCUT2D eigenvalue weighted by atomic mass is 9.86. The average Bonchev–Trinajstić information content (AvgIpc) is 2.23. The lowest BCUT2D eigenvalue weighted by molar-refractivity contribution is 0.0558. The maximum atomic E-state index is 13.8.